The summed E-state index contributed by atoms with van der Waals surface area (Å²) in [5.74, 6) is -0.255. The fourth-order valence-corrected chi connectivity index (χ4v) is 2.03. The van der Waals surface area contributed by atoms with Crippen LogP contribution in [-0.4, -0.2) is 49.1 Å². The highest BCUT2D eigenvalue weighted by Crippen LogP contribution is 2.08. The molecule has 1 aromatic carbocycles. The van der Waals surface area contributed by atoms with Crippen molar-refractivity contribution < 1.29 is 9.18 Å². The van der Waals surface area contributed by atoms with Gasteiger partial charge < -0.3 is 15.1 Å². The van der Waals surface area contributed by atoms with Crippen LogP contribution in [0.5, 0.6) is 0 Å². The van der Waals surface area contributed by atoms with Crippen LogP contribution in [0.1, 0.15) is 5.56 Å². The van der Waals surface area contributed by atoms with Crippen LogP contribution in [0, 0.1) is 5.82 Å². The van der Waals surface area contributed by atoms with Crippen molar-refractivity contribution in [2.75, 3.05) is 33.2 Å². The van der Waals surface area contributed by atoms with E-state index in [0.29, 0.717) is 6.54 Å². The number of halogens is 2. The summed E-state index contributed by atoms with van der Waals surface area (Å²) in [5, 5.41) is 3.21. The number of urea groups is 1. The van der Waals surface area contributed by atoms with Gasteiger partial charge in [-0.15, -0.1) is 12.4 Å². The van der Waals surface area contributed by atoms with Crippen molar-refractivity contribution in [1.82, 2.24) is 15.1 Å². The maximum Gasteiger partial charge on any atom is 0.320 e. The molecule has 19 heavy (non-hydrogen) atoms. The van der Waals surface area contributed by atoms with Crippen LogP contribution < -0.4 is 5.32 Å². The van der Waals surface area contributed by atoms with E-state index >= 15 is 0 Å². The highest BCUT2D eigenvalue weighted by molar-refractivity contribution is 5.85. The Balaban J connectivity index is 0.00000180. The first-order valence-electron chi connectivity index (χ1n) is 6.12. The summed E-state index contributed by atoms with van der Waals surface area (Å²) in [6.45, 7) is 3.68. The summed E-state index contributed by atoms with van der Waals surface area (Å²) >= 11 is 0. The predicted octanol–water partition coefficient (Wildman–Crippen LogP) is 1.70. The van der Waals surface area contributed by atoms with Gasteiger partial charge in [0, 0.05) is 39.8 Å². The Bertz CT molecular complexity index is 407. The first kappa shape index (κ1) is 15.7. The number of benzene rings is 1. The molecule has 1 fully saturated rings. The zero-order valence-electron chi connectivity index (χ0n) is 10.9. The van der Waals surface area contributed by atoms with Crippen LogP contribution in [0.2, 0.25) is 0 Å². The molecular formula is C13H19ClFN3O. The topological polar surface area (TPSA) is 35.6 Å². The summed E-state index contributed by atoms with van der Waals surface area (Å²) in [5.41, 5.74) is 0.933. The van der Waals surface area contributed by atoms with Gasteiger partial charge in [-0.3, -0.25) is 0 Å². The normalized spacial score (nSPS) is 14.7. The van der Waals surface area contributed by atoms with Crippen molar-refractivity contribution in [2.24, 2.45) is 0 Å². The lowest BCUT2D eigenvalue weighted by molar-refractivity contribution is 0.154. The lowest BCUT2D eigenvalue weighted by atomic mass is 10.2. The molecule has 2 amide bonds. The molecule has 1 aliphatic heterocycles. The number of hydrogen-bond acceptors (Lipinski definition) is 2. The molecule has 0 spiro atoms. The van der Waals surface area contributed by atoms with Crippen molar-refractivity contribution in [3.05, 3.63) is 35.6 Å². The molecule has 0 radical (unpaired) electrons. The molecule has 106 valence electrons. The van der Waals surface area contributed by atoms with E-state index in [1.165, 1.54) is 12.1 Å². The molecule has 1 aliphatic rings. The van der Waals surface area contributed by atoms with Gasteiger partial charge in [0.25, 0.3) is 0 Å². The Morgan fingerprint density at radius 2 is 1.89 bits per heavy atom. The molecule has 0 atom stereocenters. The average Bonchev–Trinajstić information content (AvgIpc) is 2.41. The Hall–Kier alpha value is -1.33. The third kappa shape index (κ3) is 4.36. The van der Waals surface area contributed by atoms with E-state index in [2.05, 4.69) is 5.32 Å². The number of nitrogens with one attached hydrogen (secondary N) is 1. The van der Waals surface area contributed by atoms with Crippen molar-refractivity contribution in [1.29, 1.82) is 0 Å². The highest BCUT2D eigenvalue weighted by atomic mass is 35.5. The smallest absolute Gasteiger partial charge is 0.320 e. The van der Waals surface area contributed by atoms with E-state index in [0.717, 1.165) is 31.7 Å². The van der Waals surface area contributed by atoms with E-state index in [4.69, 9.17) is 0 Å². The lowest BCUT2D eigenvalue weighted by Gasteiger charge is -2.31. The number of rotatable bonds is 2. The minimum Gasteiger partial charge on any atom is -0.323 e. The van der Waals surface area contributed by atoms with Gasteiger partial charge in [0.2, 0.25) is 0 Å². The summed E-state index contributed by atoms with van der Waals surface area (Å²) in [6, 6.07) is 6.27. The van der Waals surface area contributed by atoms with Gasteiger partial charge in [-0.25, -0.2) is 9.18 Å². The molecule has 0 saturated carbocycles. The first-order valence-corrected chi connectivity index (χ1v) is 6.12. The molecule has 2 rings (SSSR count). The molecule has 0 unspecified atom stereocenters. The van der Waals surface area contributed by atoms with E-state index in [-0.39, 0.29) is 24.3 Å². The monoisotopic (exact) mass is 287 g/mol. The molecule has 4 nitrogen and oxygen atoms in total. The lowest BCUT2D eigenvalue weighted by Crippen LogP contribution is -2.50. The van der Waals surface area contributed by atoms with E-state index in [1.54, 1.807) is 24.1 Å². The largest absolute Gasteiger partial charge is 0.323 e. The highest BCUT2D eigenvalue weighted by Gasteiger charge is 2.19. The molecule has 1 N–H and O–H groups in total. The van der Waals surface area contributed by atoms with Crippen molar-refractivity contribution in [3.63, 3.8) is 0 Å². The second-order valence-corrected chi connectivity index (χ2v) is 4.50. The number of nitrogens with zero attached hydrogens (tertiary/aromatic N) is 2. The number of piperazine rings is 1. The van der Waals surface area contributed by atoms with Gasteiger partial charge in [0.05, 0.1) is 0 Å². The first-order chi connectivity index (χ1) is 8.66. The number of carbonyl (C=O) groups excluding carboxylic acids is 1. The molecule has 0 aliphatic carbocycles. The van der Waals surface area contributed by atoms with Gasteiger partial charge in [-0.2, -0.15) is 0 Å². The summed E-state index contributed by atoms with van der Waals surface area (Å²) in [6.07, 6.45) is 0. The second-order valence-electron chi connectivity index (χ2n) is 4.50. The number of hydrogen-bond donors (Lipinski definition) is 1. The summed E-state index contributed by atoms with van der Waals surface area (Å²) in [7, 11) is 1.77. The third-order valence-electron chi connectivity index (χ3n) is 3.05. The Labute approximate surface area is 119 Å². The fourth-order valence-electron chi connectivity index (χ4n) is 2.03. The van der Waals surface area contributed by atoms with Gasteiger partial charge >= 0.3 is 6.03 Å². The molecule has 1 heterocycles. The van der Waals surface area contributed by atoms with Crippen molar-refractivity contribution in [3.8, 4) is 0 Å². The predicted molar refractivity (Wildman–Crippen MR) is 75.0 cm³/mol. The molecular weight excluding hydrogens is 269 g/mol. The molecule has 6 heteroatoms. The fraction of sp³-hybridized carbons (Fsp3) is 0.462. The van der Waals surface area contributed by atoms with Crippen LogP contribution in [0.4, 0.5) is 9.18 Å². The van der Waals surface area contributed by atoms with Gasteiger partial charge in [-0.1, -0.05) is 12.1 Å². The summed E-state index contributed by atoms with van der Waals surface area (Å²) < 4.78 is 12.8. The summed E-state index contributed by atoms with van der Waals surface area (Å²) in [4.78, 5) is 15.6. The number of carbonyl (C=O) groups is 1. The minimum atomic E-state index is -0.255. The molecule has 0 bridgehead atoms. The van der Waals surface area contributed by atoms with Crippen LogP contribution in [0.25, 0.3) is 0 Å². The standard InChI is InChI=1S/C13H18FN3O.ClH/c1-16(10-11-2-4-12(14)5-3-11)13(18)17-8-6-15-7-9-17;/h2-5,15H,6-10H2,1H3;1H. The SMILES string of the molecule is CN(Cc1ccc(F)cc1)C(=O)N1CCNCC1.Cl. The second kappa shape index (κ2) is 7.31. The quantitative estimate of drug-likeness (QED) is 0.899. The van der Waals surface area contributed by atoms with Crippen LogP contribution in [-0.2, 0) is 6.54 Å². The van der Waals surface area contributed by atoms with Crippen LogP contribution in [0.15, 0.2) is 24.3 Å². The van der Waals surface area contributed by atoms with Gasteiger partial charge in [0.1, 0.15) is 5.82 Å². The van der Waals surface area contributed by atoms with E-state index in [9.17, 15) is 9.18 Å². The van der Waals surface area contributed by atoms with Crippen LogP contribution in [0.3, 0.4) is 0 Å². The Morgan fingerprint density at radius 3 is 2.47 bits per heavy atom. The maximum absolute atomic E-state index is 12.8. The zero-order valence-corrected chi connectivity index (χ0v) is 11.8. The van der Waals surface area contributed by atoms with Gasteiger partial charge in [-0.05, 0) is 17.7 Å². The molecule has 1 saturated heterocycles. The molecule has 0 aromatic heterocycles. The Kier molecular flexibility index (Phi) is 6.05. The average molecular weight is 288 g/mol. The Morgan fingerprint density at radius 1 is 1.32 bits per heavy atom. The van der Waals surface area contributed by atoms with Crippen LogP contribution >= 0.6 is 12.4 Å². The minimum absolute atomic E-state index is 0. The molecule has 1 aromatic rings. The van der Waals surface area contributed by atoms with Gasteiger partial charge in [0.15, 0.2) is 0 Å². The van der Waals surface area contributed by atoms with E-state index < -0.39 is 0 Å². The van der Waals surface area contributed by atoms with E-state index in [1.807, 2.05) is 4.90 Å². The van der Waals surface area contributed by atoms with Crippen molar-refractivity contribution >= 4 is 18.4 Å². The third-order valence-corrected chi connectivity index (χ3v) is 3.05. The van der Waals surface area contributed by atoms with Crippen molar-refractivity contribution in [2.45, 2.75) is 6.54 Å². The zero-order chi connectivity index (χ0) is 13.0. The number of amides is 2. The maximum atomic E-state index is 12.8.